The van der Waals surface area contributed by atoms with E-state index in [9.17, 15) is 18.0 Å². The number of rotatable bonds is 12. The van der Waals surface area contributed by atoms with E-state index < -0.39 is 27.9 Å². The topological polar surface area (TPSA) is 117 Å². The van der Waals surface area contributed by atoms with Gasteiger partial charge in [-0.05, 0) is 37.0 Å². The maximum Gasteiger partial charge on any atom is 0.421 e. The second-order valence-electron chi connectivity index (χ2n) is 8.90. The lowest BCUT2D eigenvalue weighted by atomic mass is 10.0. The van der Waals surface area contributed by atoms with Crippen LogP contribution in [-0.4, -0.2) is 43.7 Å². The Morgan fingerprint density at radius 3 is 2.46 bits per heavy atom. The zero-order valence-corrected chi connectivity index (χ0v) is 23.4. The summed E-state index contributed by atoms with van der Waals surface area (Å²) < 4.78 is 54.9. The Morgan fingerprint density at radius 1 is 1.08 bits per heavy atom. The Morgan fingerprint density at radius 2 is 1.82 bits per heavy atom. The van der Waals surface area contributed by atoms with Gasteiger partial charge in [-0.3, -0.25) is 0 Å². The molecule has 1 N–H and O–H groups in total. The zero-order chi connectivity index (χ0) is 28.6. The number of hydrogen-bond acceptors (Lipinski definition) is 7. The van der Waals surface area contributed by atoms with E-state index in [4.69, 9.17) is 9.47 Å². The predicted octanol–water partition coefficient (Wildman–Crippen LogP) is 5.25. The van der Waals surface area contributed by atoms with Crippen molar-refractivity contribution in [2.24, 2.45) is 0 Å². The number of carbonyl (C=O) groups is 2. The number of sulfonamides is 1. The van der Waals surface area contributed by atoms with E-state index in [0.29, 0.717) is 47.6 Å². The summed E-state index contributed by atoms with van der Waals surface area (Å²) in [7, 11) is -3.00. The average molecular weight is 560 g/mol. The number of hydrogen-bond donors (Lipinski definition) is 1. The molecular weight excluding hydrogens is 525 g/mol. The van der Waals surface area contributed by atoms with Gasteiger partial charge in [-0.1, -0.05) is 57.5 Å². The van der Waals surface area contributed by atoms with Crippen molar-refractivity contribution in [3.63, 3.8) is 0 Å². The lowest BCUT2D eigenvalue weighted by Gasteiger charge is -2.14. The molecule has 0 spiro atoms. The molecule has 0 aliphatic rings. The number of imidazole rings is 1. The third-order valence-corrected chi connectivity index (χ3v) is 7.49. The molecule has 0 atom stereocenters. The highest BCUT2D eigenvalue weighted by Crippen LogP contribution is 2.29. The van der Waals surface area contributed by atoms with E-state index >= 15 is 4.39 Å². The molecule has 0 unspecified atom stereocenters. The highest BCUT2D eigenvalue weighted by Gasteiger charge is 2.25. The zero-order valence-electron chi connectivity index (χ0n) is 22.6. The molecule has 11 heteroatoms. The van der Waals surface area contributed by atoms with Gasteiger partial charge < -0.3 is 14.0 Å². The first-order chi connectivity index (χ1) is 18.7. The van der Waals surface area contributed by atoms with Gasteiger partial charge in [0.2, 0.25) is 0 Å². The molecule has 0 saturated carbocycles. The predicted molar refractivity (Wildman–Crippen MR) is 144 cm³/mol. The maximum absolute atomic E-state index is 15.5. The first-order valence-electron chi connectivity index (χ1n) is 12.9. The van der Waals surface area contributed by atoms with Crippen LogP contribution in [0.5, 0.6) is 0 Å². The third kappa shape index (κ3) is 7.03. The minimum atomic E-state index is -4.29. The summed E-state index contributed by atoms with van der Waals surface area (Å²) in [6.07, 6.45) is 2.22. The molecule has 0 saturated heterocycles. The molecule has 39 heavy (non-hydrogen) atoms. The van der Waals surface area contributed by atoms with Crippen LogP contribution < -0.4 is 4.72 Å². The van der Waals surface area contributed by atoms with Crippen molar-refractivity contribution in [3.8, 4) is 11.1 Å². The largest absolute Gasteiger partial charge is 0.464 e. The molecule has 0 aliphatic heterocycles. The van der Waals surface area contributed by atoms with Gasteiger partial charge in [-0.15, -0.1) is 0 Å². The molecule has 0 radical (unpaired) electrons. The van der Waals surface area contributed by atoms with Crippen molar-refractivity contribution < 1.29 is 31.9 Å². The van der Waals surface area contributed by atoms with Crippen molar-refractivity contribution in [1.82, 2.24) is 14.3 Å². The number of nitrogens with one attached hydrogen (secondary N) is 1. The SMILES string of the molecule is CCCCOC(=O)NS(=O)(=O)c1ccccc1-c1ccc(Cn2c(CCC)nc(CC)c2C(=O)OC)c(F)c1. The fourth-order valence-electron chi connectivity index (χ4n) is 4.17. The molecule has 0 bridgehead atoms. The fourth-order valence-corrected chi connectivity index (χ4v) is 5.29. The molecule has 9 nitrogen and oxygen atoms in total. The van der Waals surface area contributed by atoms with Crippen molar-refractivity contribution in [1.29, 1.82) is 0 Å². The normalized spacial score (nSPS) is 11.3. The highest BCUT2D eigenvalue weighted by molar-refractivity contribution is 7.90. The summed E-state index contributed by atoms with van der Waals surface area (Å²) in [5.41, 5.74) is 1.69. The van der Waals surface area contributed by atoms with Crippen LogP contribution in [0.15, 0.2) is 47.4 Å². The number of aromatic nitrogens is 2. The molecule has 1 amide bonds. The van der Waals surface area contributed by atoms with E-state index in [1.54, 1.807) is 22.8 Å². The van der Waals surface area contributed by atoms with Crippen LogP contribution in [0.3, 0.4) is 0 Å². The Hall–Kier alpha value is -3.73. The van der Waals surface area contributed by atoms with Crippen molar-refractivity contribution >= 4 is 22.1 Å². The smallest absolute Gasteiger partial charge is 0.421 e. The molecule has 0 aliphatic carbocycles. The molecule has 2 aromatic carbocycles. The average Bonchev–Trinajstić information content (AvgIpc) is 3.26. The monoisotopic (exact) mass is 559 g/mol. The van der Waals surface area contributed by atoms with Crippen LogP contribution in [0.25, 0.3) is 11.1 Å². The van der Waals surface area contributed by atoms with Gasteiger partial charge in [0.1, 0.15) is 11.6 Å². The number of unbranched alkanes of at least 4 members (excludes halogenated alkanes) is 1. The fraction of sp³-hybridized carbons (Fsp3) is 0.393. The minimum absolute atomic E-state index is 0.0456. The van der Waals surface area contributed by atoms with Gasteiger partial charge in [-0.2, -0.15) is 0 Å². The van der Waals surface area contributed by atoms with Gasteiger partial charge in [-0.25, -0.2) is 32.1 Å². The molecule has 3 aromatic rings. The summed E-state index contributed by atoms with van der Waals surface area (Å²) in [4.78, 5) is 29.0. The first-order valence-corrected chi connectivity index (χ1v) is 14.4. The van der Waals surface area contributed by atoms with E-state index in [0.717, 1.165) is 12.8 Å². The van der Waals surface area contributed by atoms with Gasteiger partial charge in [0.05, 0.1) is 30.9 Å². The minimum Gasteiger partial charge on any atom is -0.464 e. The van der Waals surface area contributed by atoms with Crippen molar-refractivity contribution in [2.75, 3.05) is 13.7 Å². The summed E-state index contributed by atoms with van der Waals surface area (Å²) in [6, 6.07) is 10.4. The maximum atomic E-state index is 15.5. The van der Waals surface area contributed by atoms with Gasteiger partial charge in [0.25, 0.3) is 10.0 Å². The second-order valence-corrected chi connectivity index (χ2v) is 10.6. The Bertz CT molecular complexity index is 1440. The standard InChI is InChI=1S/C28H34FN3O6S/c1-5-8-16-38-28(34)31-39(35,36)24-13-10-9-12-21(24)19-14-15-20(22(29)17-19)18-32-25(11-6-2)30-23(7-3)26(32)27(33)37-4/h9-10,12-15,17H,5-8,11,16,18H2,1-4H3,(H,31,34). The number of amides is 1. The number of esters is 1. The first kappa shape index (κ1) is 29.8. The van der Waals surface area contributed by atoms with Gasteiger partial charge >= 0.3 is 12.1 Å². The van der Waals surface area contributed by atoms with E-state index in [2.05, 4.69) is 4.98 Å². The number of carbonyl (C=O) groups excluding carboxylic acids is 2. The Kier molecular flexibility index (Phi) is 10.2. The van der Waals surface area contributed by atoms with E-state index in [1.165, 1.54) is 31.4 Å². The Labute approximate surface area is 228 Å². The van der Waals surface area contributed by atoms with Crippen LogP contribution >= 0.6 is 0 Å². The lowest BCUT2D eigenvalue weighted by Crippen LogP contribution is -2.31. The second kappa shape index (κ2) is 13.4. The van der Waals surface area contributed by atoms with Crippen molar-refractivity contribution in [2.45, 2.75) is 64.3 Å². The molecule has 3 rings (SSSR count). The summed E-state index contributed by atoms with van der Waals surface area (Å²) >= 11 is 0. The molecule has 1 aromatic heterocycles. The molecule has 210 valence electrons. The number of nitrogens with zero attached hydrogens (tertiary/aromatic N) is 2. The van der Waals surface area contributed by atoms with Gasteiger partial charge in [0.15, 0.2) is 5.69 Å². The quantitative estimate of drug-likeness (QED) is 0.238. The van der Waals surface area contributed by atoms with Crippen LogP contribution in [0.2, 0.25) is 0 Å². The number of halogens is 1. The van der Waals surface area contributed by atoms with Gasteiger partial charge in [0, 0.05) is 17.5 Å². The summed E-state index contributed by atoms with van der Waals surface area (Å²) in [5.74, 6) is -0.471. The van der Waals surface area contributed by atoms with Crippen LogP contribution in [-0.2, 0) is 38.9 Å². The third-order valence-electron chi connectivity index (χ3n) is 6.12. The number of ether oxygens (including phenoxy) is 2. The molecular formula is C28H34FN3O6S. The van der Waals surface area contributed by atoms with Crippen LogP contribution in [0.4, 0.5) is 9.18 Å². The number of aryl methyl sites for hydroxylation is 2. The molecule has 0 fully saturated rings. The van der Waals surface area contributed by atoms with E-state index in [-0.39, 0.29) is 23.6 Å². The van der Waals surface area contributed by atoms with Crippen LogP contribution in [0.1, 0.15) is 67.6 Å². The highest BCUT2D eigenvalue weighted by atomic mass is 32.2. The van der Waals surface area contributed by atoms with Crippen LogP contribution in [0, 0.1) is 5.82 Å². The van der Waals surface area contributed by atoms with Crippen molar-refractivity contribution in [3.05, 3.63) is 71.1 Å². The Balaban J connectivity index is 1.96. The lowest BCUT2D eigenvalue weighted by molar-refractivity contribution is 0.0587. The van der Waals surface area contributed by atoms with E-state index in [1.807, 2.05) is 25.5 Å². The summed E-state index contributed by atoms with van der Waals surface area (Å²) in [5, 5.41) is 0. The molecule has 1 heterocycles. The number of methoxy groups -OCH3 is 1. The number of benzene rings is 2. The summed E-state index contributed by atoms with van der Waals surface area (Å²) in [6.45, 7) is 5.93.